The van der Waals surface area contributed by atoms with Gasteiger partial charge in [0, 0.05) is 39.5 Å². The zero-order valence-corrected chi connectivity index (χ0v) is 43.8. The third-order valence-electron chi connectivity index (χ3n) is 14.0. The van der Waals surface area contributed by atoms with Gasteiger partial charge in [0.05, 0.1) is 45.0 Å². The van der Waals surface area contributed by atoms with E-state index in [2.05, 4.69) is 6.92 Å². The van der Waals surface area contributed by atoms with Gasteiger partial charge in [0.1, 0.15) is 0 Å². The molecule has 0 bridgehead atoms. The molecule has 0 aliphatic rings. The number of ketones is 8. The van der Waals surface area contributed by atoms with Gasteiger partial charge in [-0.15, -0.1) is 0 Å². The van der Waals surface area contributed by atoms with Gasteiger partial charge in [-0.3, -0.25) is 38.4 Å². The van der Waals surface area contributed by atoms with Crippen molar-refractivity contribution in [1.29, 1.82) is 0 Å². The number of hydrogen-bond acceptors (Lipinski definition) is 10. The molecular weight excluding hydrogens is 1010 g/mol. The van der Waals surface area contributed by atoms with Gasteiger partial charge in [-0.1, -0.05) is 201 Å². The Morgan fingerprint density at radius 2 is 0.469 bits per heavy atom. The van der Waals surface area contributed by atoms with Crippen LogP contribution in [0.5, 0.6) is 0 Å². The summed E-state index contributed by atoms with van der Waals surface area (Å²) in [6.07, 6.45) is 0.641. The Morgan fingerprint density at radius 1 is 0.259 bits per heavy atom. The van der Waals surface area contributed by atoms with Crippen molar-refractivity contribution in [2.75, 3.05) is 9.80 Å². The highest BCUT2D eigenvalue weighted by atomic mass is 16.2. The maximum Gasteiger partial charge on any atom is 0.235 e. The molecule has 0 heterocycles. The van der Waals surface area contributed by atoms with E-state index in [4.69, 9.17) is 0 Å². The maximum absolute atomic E-state index is 14.3. The molecule has 0 radical (unpaired) electrons. The van der Waals surface area contributed by atoms with Crippen LogP contribution in [0.15, 0.2) is 267 Å². The number of hydrogen-bond donors (Lipinski definition) is 0. The first-order chi connectivity index (χ1) is 39.5. The lowest BCUT2D eigenvalue weighted by atomic mass is 9.88. The lowest BCUT2D eigenvalue weighted by Crippen LogP contribution is -2.22. The van der Waals surface area contributed by atoms with Crippen molar-refractivity contribution in [2.24, 2.45) is 0 Å². The van der Waals surface area contributed by atoms with E-state index in [9.17, 15) is 38.4 Å². The van der Waals surface area contributed by atoms with E-state index >= 15 is 0 Å². The van der Waals surface area contributed by atoms with Gasteiger partial charge >= 0.3 is 0 Å². The minimum Gasteiger partial charge on any atom is -0.309 e. The number of para-hydroxylation sites is 4. The van der Waals surface area contributed by atoms with E-state index in [1.807, 2.05) is 48.5 Å². The molecule has 0 N–H and O–H groups in total. The third kappa shape index (κ3) is 11.2. The fourth-order valence-electron chi connectivity index (χ4n) is 10.0. The van der Waals surface area contributed by atoms with E-state index in [-0.39, 0.29) is 50.4 Å². The molecule has 81 heavy (non-hydrogen) atoms. The summed E-state index contributed by atoms with van der Waals surface area (Å²) in [6, 6.07) is 75.0. The molecule has 10 nitrogen and oxygen atoms in total. The molecule has 0 saturated heterocycles. The van der Waals surface area contributed by atoms with Crippen molar-refractivity contribution in [1.82, 2.24) is 0 Å². The van der Waals surface area contributed by atoms with Crippen LogP contribution in [-0.4, -0.2) is 46.3 Å². The lowest BCUT2D eigenvalue weighted by molar-refractivity contribution is 0.0817. The predicted molar refractivity (Wildman–Crippen MR) is 315 cm³/mol. The summed E-state index contributed by atoms with van der Waals surface area (Å²) in [7, 11) is 0. The van der Waals surface area contributed by atoms with Crippen molar-refractivity contribution >= 4 is 80.4 Å². The minimum atomic E-state index is -0.762. The Morgan fingerprint density at radius 3 is 0.691 bits per heavy atom. The normalized spacial score (nSPS) is 10.8. The molecule has 392 valence electrons. The van der Waals surface area contributed by atoms with Gasteiger partial charge in [-0.25, -0.2) is 0 Å². The van der Waals surface area contributed by atoms with Gasteiger partial charge in [0.25, 0.3) is 0 Å². The van der Waals surface area contributed by atoms with E-state index in [0.29, 0.717) is 40.5 Å². The first kappa shape index (κ1) is 53.6. The molecule has 0 atom stereocenters. The van der Waals surface area contributed by atoms with Crippen molar-refractivity contribution in [3.05, 3.63) is 323 Å². The standard InChI is InChI=1S/C71H50N2O8/c1-2-55(47-39-43-53(44-40-47)72(60-35-19-15-31-56(60)68(78)64(74)49-23-7-3-8-24-49)61-36-20-16-32-57(61)69(79)65(75)50-25-9-4-10-26-50)48-41-45-54(46-42-48)73(62-37-21-17-33-58(62)70(80)66(76)51-27-11-5-12-28-51)63-38-22-18-34-59(63)71(81)67(77)52-29-13-6-14-30-52/h3-46,55H,2H2,1H3. The number of carbonyl (C=O) groups is 8. The average Bonchev–Trinajstić information content (AvgIpc) is 3.66. The van der Waals surface area contributed by atoms with Crippen molar-refractivity contribution in [3.63, 3.8) is 0 Å². The monoisotopic (exact) mass is 1060 g/mol. The second-order valence-corrected chi connectivity index (χ2v) is 19.0. The minimum absolute atomic E-state index is 0.0807. The quantitative estimate of drug-likeness (QED) is 0.0504. The van der Waals surface area contributed by atoms with Crippen LogP contribution >= 0.6 is 0 Å². The van der Waals surface area contributed by atoms with E-state index in [1.165, 1.54) is 0 Å². The molecule has 10 aromatic carbocycles. The Bertz CT molecular complexity index is 3540. The number of carbonyl (C=O) groups excluding carboxylic acids is 8. The van der Waals surface area contributed by atoms with E-state index in [0.717, 1.165) is 11.1 Å². The summed E-state index contributed by atoms with van der Waals surface area (Å²) >= 11 is 0. The van der Waals surface area contributed by atoms with Crippen molar-refractivity contribution in [2.45, 2.75) is 19.3 Å². The first-order valence-electron chi connectivity index (χ1n) is 26.3. The topological polar surface area (TPSA) is 143 Å². The first-order valence-corrected chi connectivity index (χ1v) is 26.3. The van der Waals surface area contributed by atoms with Crippen molar-refractivity contribution in [3.8, 4) is 0 Å². The van der Waals surface area contributed by atoms with Crippen LogP contribution < -0.4 is 9.80 Å². The molecule has 0 aliphatic carbocycles. The molecular formula is C71H50N2O8. The second-order valence-electron chi connectivity index (χ2n) is 19.0. The molecule has 10 rings (SSSR count). The summed E-state index contributed by atoms with van der Waals surface area (Å²) in [4.78, 5) is 116. The summed E-state index contributed by atoms with van der Waals surface area (Å²) in [6.45, 7) is 2.06. The number of benzene rings is 10. The Hall–Kier alpha value is -10.8. The van der Waals surface area contributed by atoms with Crippen LogP contribution in [0, 0.1) is 0 Å². The summed E-state index contributed by atoms with van der Waals surface area (Å²) in [5.41, 5.74) is 5.27. The molecule has 0 aliphatic heterocycles. The summed E-state index contributed by atoms with van der Waals surface area (Å²) < 4.78 is 0. The molecule has 0 unspecified atom stereocenters. The Kier molecular flexibility index (Phi) is 16.0. The highest BCUT2D eigenvalue weighted by molar-refractivity contribution is 6.52. The molecule has 0 fully saturated rings. The Labute approximate surface area is 468 Å². The molecule has 10 aromatic rings. The van der Waals surface area contributed by atoms with E-state index < -0.39 is 46.3 Å². The smallest absolute Gasteiger partial charge is 0.235 e. The predicted octanol–water partition coefficient (Wildman–Crippen LogP) is 15.4. The van der Waals surface area contributed by atoms with Crippen molar-refractivity contribution < 1.29 is 38.4 Å². The molecule has 0 amide bonds. The SMILES string of the molecule is CCC(c1ccc(N(c2ccccc2C(=O)C(=O)c2ccccc2)c2ccccc2C(=O)C(=O)c2ccccc2)cc1)c1ccc(N(c2ccccc2C(=O)C(=O)c2ccccc2)c2ccccc2C(=O)C(=O)c2ccccc2)cc1. The molecule has 10 heteroatoms. The van der Waals surface area contributed by atoms with Crippen LogP contribution in [0.25, 0.3) is 0 Å². The lowest BCUT2D eigenvalue weighted by Gasteiger charge is -2.30. The van der Waals surface area contributed by atoms with Gasteiger partial charge in [0.2, 0.25) is 46.3 Å². The summed E-state index contributed by atoms with van der Waals surface area (Å²) in [5.74, 6) is -6.10. The second kappa shape index (κ2) is 24.2. The average molecular weight is 1060 g/mol. The van der Waals surface area contributed by atoms with Crippen LogP contribution in [0.3, 0.4) is 0 Å². The molecule has 0 spiro atoms. The number of nitrogens with zero attached hydrogens (tertiary/aromatic N) is 2. The molecule has 0 aromatic heterocycles. The third-order valence-corrected chi connectivity index (χ3v) is 14.0. The molecule has 0 saturated carbocycles. The zero-order valence-electron chi connectivity index (χ0n) is 43.8. The number of rotatable bonds is 21. The van der Waals surface area contributed by atoms with Crippen LogP contribution in [-0.2, 0) is 0 Å². The largest absolute Gasteiger partial charge is 0.309 e. The number of Topliss-reactive ketones (excluding diaryl/α,β-unsaturated/α-hetero) is 8. The highest BCUT2D eigenvalue weighted by Crippen LogP contribution is 2.43. The van der Waals surface area contributed by atoms with E-state index in [1.54, 1.807) is 228 Å². The van der Waals surface area contributed by atoms with Gasteiger partial charge in [-0.05, 0) is 90.3 Å². The number of anilines is 6. The van der Waals surface area contributed by atoms with Crippen LogP contribution in [0.2, 0.25) is 0 Å². The maximum atomic E-state index is 14.3. The highest BCUT2D eigenvalue weighted by Gasteiger charge is 2.32. The fourth-order valence-corrected chi connectivity index (χ4v) is 10.0. The zero-order chi connectivity index (χ0) is 56.4. The van der Waals surface area contributed by atoms with Crippen LogP contribution in [0.1, 0.15) is 113 Å². The van der Waals surface area contributed by atoms with Crippen LogP contribution in [0.4, 0.5) is 34.1 Å². The van der Waals surface area contributed by atoms with Gasteiger partial charge in [0.15, 0.2) is 0 Å². The fraction of sp³-hybridized carbons (Fsp3) is 0.0423. The van der Waals surface area contributed by atoms with Gasteiger partial charge < -0.3 is 9.80 Å². The Balaban J connectivity index is 1.04. The summed E-state index contributed by atoms with van der Waals surface area (Å²) in [5, 5.41) is 0. The van der Waals surface area contributed by atoms with Gasteiger partial charge in [-0.2, -0.15) is 0 Å².